The summed E-state index contributed by atoms with van der Waals surface area (Å²) in [6, 6.07) is 2.70. The Morgan fingerprint density at radius 1 is 1.20 bits per heavy atom. The summed E-state index contributed by atoms with van der Waals surface area (Å²) < 4.78 is 48.2. The first-order chi connectivity index (χ1) is 11.5. The fourth-order valence-corrected chi connectivity index (χ4v) is 2.33. The lowest BCUT2D eigenvalue weighted by atomic mass is 9.83. The second-order valence-electron chi connectivity index (χ2n) is 6.17. The highest BCUT2D eigenvalue weighted by Gasteiger charge is 2.39. The van der Waals surface area contributed by atoms with Gasteiger partial charge in [-0.1, -0.05) is 6.07 Å². The summed E-state index contributed by atoms with van der Waals surface area (Å²) >= 11 is 0. The number of hydrogen-bond acceptors (Lipinski definition) is 4. The lowest BCUT2D eigenvalue weighted by Crippen LogP contribution is -2.49. The Bertz CT molecular complexity index is 672. The Hall–Kier alpha value is -2.45. The van der Waals surface area contributed by atoms with Crippen molar-refractivity contribution in [2.45, 2.75) is 37.9 Å². The molecule has 1 aliphatic rings. The van der Waals surface area contributed by atoms with Crippen LogP contribution in [0.4, 0.5) is 13.2 Å². The third-order valence-corrected chi connectivity index (χ3v) is 3.87. The van der Waals surface area contributed by atoms with Crippen molar-refractivity contribution < 1.29 is 37.3 Å². The Morgan fingerprint density at radius 3 is 2.36 bits per heavy atom. The van der Waals surface area contributed by atoms with Crippen molar-refractivity contribution in [2.24, 2.45) is 0 Å². The van der Waals surface area contributed by atoms with E-state index in [1.165, 1.54) is 13.8 Å². The van der Waals surface area contributed by atoms with Crippen LogP contribution in [-0.2, 0) is 15.0 Å². The van der Waals surface area contributed by atoms with Gasteiger partial charge >= 0.3 is 12.1 Å². The summed E-state index contributed by atoms with van der Waals surface area (Å²) in [5.41, 5.74) is -0.805. The molecule has 0 aromatic heterocycles. The third kappa shape index (κ3) is 4.55. The van der Waals surface area contributed by atoms with Gasteiger partial charge in [-0.2, -0.15) is 13.2 Å². The van der Waals surface area contributed by atoms with E-state index >= 15 is 0 Å². The lowest BCUT2D eigenvalue weighted by Gasteiger charge is -2.28. The molecular formula is C16H18F3NO5. The number of aliphatic carboxylic acids is 1. The van der Waals surface area contributed by atoms with E-state index in [2.05, 4.69) is 0 Å². The number of carbonyl (C=O) groups is 2. The van der Waals surface area contributed by atoms with Crippen LogP contribution >= 0.6 is 0 Å². The average Bonchev–Trinajstić information content (AvgIpc) is 2.52. The first kappa shape index (κ1) is 18.9. The molecule has 1 heterocycles. The van der Waals surface area contributed by atoms with Crippen molar-refractivity contribution in [3.63, 3.8) is 0 Å². The van der Waals surface area contributed by atoms with Crippen molar-refractivity contribution in [3.05, 3.63) is 23.8 Å². The van der Waals surface area contributed by atoms with Crippen LogP contribution in [0.25, 0.3) is 0 Å². The maximum Gasteiger partial charge on any atom is 0.391 e. The minimum Gasteiger partial charge on any atom is -0.486 e. The number of carboxylic acids is 1. The summed E-state index contributed by atoms with van der Waals surface area (Å²) in [7, 11) is 0. The molecule has 9 heteroatoms. The Morgan fingerprint density at radius 2 is 1.80 bits per heavy atom. The molecule has 1 unspecified atom stereocenters. The van der Waals surface area contributed by atoms with Crippen LogP contribution in [0.3, 0.4) is 0 Å². The van der Waals surface area contributed by atoms with E-state index in [0.717, 1.165) is 0 Å². The molecule has 0 fully saturated rings. The van der Waals surface area contributed by atoms with E-state index in [0.29, 0.717) is 30.3 Å². The quantitative estimate of drug-likeness (QED) is 0.840. The molecule has 1 aromatic carbocycles. The Kier molecular flexibility index (Phi) is 5.15. The van der Waals surface area contributed by atoms with E-state index < -0.39 is 35.9 Å². The number of hydrogen-bond donors (Lipinski definition) is 2. The molecule has 0 aliphatic carbocycles. The van der Waals surface area contributed by atoms with Crippen LogP contribution in [-0.4, -0.2) is 42.4 Å². The van der Waals surface area contributed by atoms with E-state index in [1.54, 1.807) is 18.2 Å². The fourth-order valence-electron chi connectivity index (χ4n) is 2.33. The molecule has 1 amide bonds. The summed E-state index contributed by atoms with van der Waals surface area (Å²) in [5.74, 6) is -1.65. The maximum absolute atomic E-state index is 12.5. The van der Waals surface area contributed by atoms with E-state index in [4.69, 9.17) is 14.6 Å². The average molecular weight is 361 g/mol. The second kappa shape index (κ2) is 6.81. The zero-order valence-corrected chi connectivity index (χ0v) is 13.6. The van der Waals surface area contributed by atoms with Crippen LogP contribution < -0.4 is 14.8 Å². The predicted octanol–water partition coefficient (Wildman–Crippen LogP) is 2.26. The molecule has 1 atom stereocenters. The molecule has 2 N–H and O–H groups in total. The third-order valence-electron chi connectivity index (χ3n) is 3.87. The van der Waals surface area contributed by atoms with Crippen molar-refractivity contribution in [2.75, 3.05) is 13.2 Å². The highest BCUT2D eigenvalue weighted by atomic mass is 19.4. The first-order valence-electron chi connectivity index (χ1n) is 7.51. The highest BCUT2D eigenvalue weighted by Crippen LogP contribution is 2.35. The maximum atomic E-state index is 12.5. The topological polar surface area (TPSA) is 84.9 Å². The van der Waals surface area contributed by atoms with Gasteiger partial charge in [0.25, 0.3) is 0 Å². The van der Waals surface area contributed by atoms with Gasteiger partial charge in [-0.25, -0.2) is 4.79 Å². The van der Waals surface area contributed by atoms with Crippen molar-refractivity contribution in [1.29, 1.82) is 0 Å². The minimum atomic E-state index is -4.71. The van der Waals surface area contributed by atoms with Gasteiger partial charge in [0, 0.05) is 0 Å². The number of rotatable bonds is 5. The number of halogens is 3. The van der Waals surface area contributed by atoms with Crippen molar-refractivity contribution >= 4 is 11.9 Å². The van der Waals surface area contributed by atoms with Gasteiger partial charge < -0.3 is 19.9 Å². The molecule has 0 spiro atoms. The van der Waals surface area contributed by atoms with Gasteiger partial charge in [0.1, 0.15) is 19.3 Å². The Balaban J connectivity index is 2.20. The summed E-state index contributed by atoms with van der Waals surface area (Å²) in [6.07, 6.45) is -6.36. The molecule has 0 bridgehead atoms. The number of carbonyl (C=O) groups excluding carboxylic acids is 1. The molecule has 0 saturated carbocycles. The number of benzene rings is 1. The summed E-state index contributed by atoms with van der Waals surface area (Å²) in [5, 5.41) is 10.9. The smallest absolute Gasteiger partial charge is 0.391 e. The van der Waals surface area contributed by atoms with E-state index in [-0.39, 0.29) is 0 Å². The van der Waals surface area contributed by atoms with Crippen LogP contribution in [0, 0.1) is 0 Å². The summed E-state index contributed by atoms with van der Waals surface area (Å²) in [4.78, 5) is 23.4. The SMILES string of the molecule is CC(C)(C(=O)NC(CC(F)(F)F)C(=O)O)c1ccc2c(c1)OCCO2. The van der Waals surface area contributed by atoms with Crippen LogP contribution in [0.2, 0.25) is 0 Å². The van der Waals surface area contributed by atoms with Crippen LogP contribution in [0.15, 0.2) is 18.2 Å². The minimum absolute atomic E-state index is 0.343. The number of fused-ring (bicyclic) bond motifs is 1. The van der Waals surface area contributed by atoms with Gasteiger partial charge in [0.05, 0.1) is 11.8 Å². The number of amides is 1. The predicted molar refractivity (Wildman–Crippen MR) is 80.7 cm³/mol. The fraction of sp³-hybridized carbons (Fsp3) is 0.500. The van der Waals surface area contributed by atoms with Crippen LogP contribution in [0.5, 0.6) is 11.5 Å². The number of nitrogens with one attached hydrogen (secondary N) is 1. The molecule has 1 aromatic rings. The lowest BCUT2D eigenvalue weighted by molar-refractivity contribution is -0.160. The first-order valence-corrected chi connectivity index (χ1v) is 7.51. The van der Waals surface area contributed by atoms with E-state index in [1.807, 2.05) is 5.32 Å². The van der Waals surface area contributed by atoms with Gasteiger partial charge in [-0.3, -0.25) is 4.79 Å². The van der Waals surface area contributed by atoms with Crippen molar-refractivity contribution in [1.82, 2.24) is 5.32 Å². The standard InChI is InChI=1S/C16H18F3NO5/c1-15(2,9-3-4-11-12(7-9)25-6-5-24-11)14(23)20-10(13(21)22)8-16(17,18)19/h3-4,7,10H,5-6,8H2,1-2H3,(H,20,23)(H,21,22). The molecule has 138 valence electrons. The molecule has 6 nitrogen and oxygen atoms in total. The van der Waals surface area contributed by atoms with Crippen LogP contribution in [0.1, 0.15) is 25.8 Å². The molecule has 2 rings (SSSR count). The van der Waals surface area contributed by atoms with Gasteiger partial charge in [0.15, 0.2) is 11.5 Å². The normalized spacial score (nSPS) is 15.4. The number of alkyl halides is 3. The van der Waals surface area contributed by atoms with Gasteiger partial charge in [-0.15, -0.1) is 0 Å². The largest absolute Gasteiger partial charge is 0.486 e. The molecule has 1 aliphatic heterocycles. The zero-order valence-electron chi connectivity index (χ0n) is 13.6. The highest BCUT2D eigenvalue weighted by molar-refractivity contribution is 5.91. The second-order valence-corrected chi connectivity index (χ2v) is 6.17. The number of carboxylic acid groups (broad SMARTS) is 1. The Labute approximate surface area is 141 Å². The van der Waals surface area contributed by atoms with Gasteiger partial charge in [0.2, 0.25) is 5.91 Å². The van der Waals surface area contributed by atoms with E-state index in [9.17, 15) is 22.8 Å². The monoisotopic (exact) mass is 361 g/mol. The molecule has 0 radical (unpaired) electrons. The van der Waals surface area contributed by atoms with Gasteiger partial charge in [-0.05, 0) is 31.5 Å². The molecule has 25 heavy (non-hydrogen) atoms. The van der Waals surface area contributed by atoms with Crippen molar-refractivity contribution in [3.8, 4) is 11.5 Å². The number of ether oxygens (including phenoxy) is 2. The zero-order chi connectivity index (χ0) is 18.8. The molecular weight excluding hydrogens is 343 g/mol. The molecule has 0 saturated heterocycles. The summed E-state index contributed by atoms with van der Waals surface area (Å²) in [6.45, 7) is 3.71.